The molecule has 0 aliphatic carbocycles. The summed E-state index contributed by atoms with van der Waals surface area (Å²) < 4.78 is 5.73. The van der Waals surface area contributed by atoms with Crippen molar-refractivity contribution in [3.63, 3.8) is 0 Å². The minimum Gasteiger partial charge on any atom is -0.476 e. The highest BCUT2D eigenvalue weighted by Gasteiger charge is 2.11. The lowest BCUT2D eigenvalue weighted by Gasteiger charge is -2.15. The van der Waals surface area contributed by atoms with Gasteiger partial charge in [-0.2, -0.15) is 0 Å². The lowest BCUT2D eigenvalue weighted by Crippen LogP contribution is -2.25. The van der Waals surface area contributed by atoms with Gasteiger partial charge in [0.1, 0.15) is 6.61 Å². The number of hydrogen-bond acceptors (Lipinski definition) is 4. The second-order valence-electron chi connectivity index (χ2n) is 5.11. The average molecular weight is 264 g/mol. The molecule has 2 rings (SSSR count). The third-order valence-corrected chi connectivity index (χ3v) is 3.46. The van der Waals surface area contributed by atoms with Crippen LogP contribution in [-0.4, -0.2) is 41.2 Å². The van der Waals surface area contributed by atoms with Gasteiger partial charge in [-0.15, -0.1) is 0 Å². The van der Waals surface area contributed by atoms with E-state index in [1.54, 1.807) is 0 Å². The van der Waals surface area contributed by atoms with Crippen LogP contribution in [0.25, 0.3) is 0 Å². The molecule has 0 unspecified atom stereocenters. The summed E-state index contributed by atoms with van der Waals surface area (Å²) >= 11 is 0. The zero-order chi connectivity index (χ0) is 13.5. The Kier molecular flexibility index (Phi) is 5.61. The number of nitrogens with zero attached hydrogens (tertiary/aromatic N) is 2. The molecule has 4 nitrogen and oxygen atoms in total. The molecule has 0 radical (unpaired) electrons. The van der Waals surface area contributed by atoms with E-state index in [1.807, 2.05) is 12.1 Å². The second kappa shape index (κ2) is 7.46. The van der Waals surface area contributed by atoms with Gasteiger partial charge in [0.2, 0.25) is 5.88 Å². The van der Waals surface area contributed by atoms with Gasteiger partial charge in [0.05, 0.1) is 6.61 Å². The Hall–Kier alpha value is -1.13. The zero-order valence-corrected chi connectivity index (χ0v) is 11.8. The number of pyridine rings is 1. The molecule has 0 spiro atoms. The van der Waals surface area contributed by atoms with Crippen molar-refractivity contribution >= 4 is 0 Å². The van der Waals surface area contributed by atoms with Gasteiger partial charge in [-0.1, -0.05) is 13.3 Å². The fourth-order valence-corrected chi connectivity index (χ4v) is 2.46. The first-order valence-corrected chi connectivity index (χ1v) is 7.27. The molecular formula is C15H24N2O2. The van der Waals surface area contributed by atoms with E-state index in [-0.39, 0.29) is 6.61 Å². The highest BCUT2D eigenvalue weighted by atomic mass is 16.5. The first-order chi connectivity index (χ1) is 9.31. The molecule has 19 heavy (non-hydrogen) atoms. The van der Waals surface area contributed by atoms with E-state index in [1.165, 1.54) is 25.9 Å². The molecule has 1 aromatic rings. The van der Waals surface area contributed by atoms with Gasteiger partial charge in [0.15, 0.2) is 0 Å². The zero-order valence-electron chi connectivity index (χ0n) is 11.8. The van der Waals surface area contributed by atoms with Crippen LogP contribution in [0.2, 0.25) is 0 Å². The Morgan fingerprint density at radius 3 is 2.79 bits per heavy atom. The summed E-state index contributed by atoms with van der Waals surface area (Å²) in [7, 11) is 0. The maximum absolute atomic E-state index is 9.26. The van der Waals surface area contributed by atoms with Crippen molar-refractivity contribution in [2.75, 3.05) is 26.2 Å². The number of hydrogen-bond donors (Lipinski definition) is 1. The van der Waals surface area contributed by atoms with Crippen molar-refractivity contribution in [2.45, 2.75) is 39.2 Å². The largest absolute Gasteiger partial charge is 0.476 e. The predicted octanol–water partition coefficient (Wildman–Crippen LogP) is 2.00. The molecule has 0 saturated carbocycles. The number of aromatic nitrogens is 1. The molecule has 106 valence electrons. The van der Waals surface area contributed by atoms with Crippen molar-refractivity contribution < 1.29 is 9.84 Å². The smallest absolute Gasteiger partial charge is 0.213 e. The highest BCUT2D eigenvalue weighted by molar-refractivity contribution is 5.24. The molecule has 0 bridgehead atoms. The average Bonchev–Trinajstić information content (AvgIpc) is 2.92. The predicted molar refractivity (Wildman–Crippen MR) is 75.3 cm³/mol. The number of aliphatic hydroxyl groups excluding tert-OH is 1. The van der Waals surface area contributed by atoms with Gasteiger partial charge < -0.3 is 9.84 Å². The van der Waals surface area contributed by atoms with Crippen LogP contribution in [0.1, 0.15) is 37.4 Å². The fraction of sp³-hybridized carbons (Fsp3) is 0.667. The Morgan fingerprint density at radius 2 is 2.11 bits per heavy atom. The summed E-state index contributed by atoms with van der Waals surface area (Å²) in [5.74, 6) is 0.647. The van der Waals surface area contributed by atoms with E-state index in [0.29, 0.717) is 12.5 Å². The molecule has 4 heteroatoms. The molecule has 1 aliphatic heterocycles. The van der Waals surface area contributed by atoms with E-state index >= 15 is 0 Å². The maximum atomic E-state index is 9.26. The van der Waals surface area contributed by atoms with Crippen LogP contribution < -0.4 is 4.74 Å². The van der Waals surface area contributed by atoms with E-state index < -0.39 is 0 Å². The van der Waals surface area contributed by atoms with Crippen molar-refractivity contribution in [3.8, 4) is 5.88 Å². The van der Waals surface area contributed by atoms with Gasteiger partial charge in [0.25, 0.3) is 0 Å². The monoisotopic (exact) mass is 264 g/mol. The molecule has 0 atom stereocenters. The molecule has 1 saturated heterocycles. The Balaban J connectivity index is 1.88. The standard InChI is InChI=1S/C15H24N2O2/c1-2-5-14-10-13(12-18)11-15(16-14)19-9-8-17-6-3-4-7-17/h10-11,18H,2-9,12H2,1H3. The molecule has 1 N–H and O–H groups in total. The topological polar surface area (TPSA) is 45.6 Å². The maximum Gasteiger partial charge on any atom is 0.213 e. The molecule has 2 heterocycles. The van der Waals surface area contributed by atoms with Crippen LogP contribution in [0.5, 0.6) is 5.88 Å². The minimum absolute atomic E-state index is 0.0434. The molecule has 1 aliphatic rings. The van der Waals surface area contributed by atoms with E-state index in [0.717, 1.165) is 30.6 Å². The number of aliphatic hydroxyl groups is 1. The first-order valence-electron chi connectivity index (χ1n) is 7.27. The van der Waals surface area contributed by atoms with E-state index in [4.69, 9.17) is 4.74 Å². The van der Waals surface area contributed by atoms with Gasteiger partial charge in [0, 0.05) is 18.3 Å². The van der Waals surface area contributed by atoms with Gasteiger partial charge in [-0.05, 0) is 44.0 Å². The number of likely N-dealkylation sites (tertiary alicyclic amines) is 1. The Bertz CT molecular complexity index is 390. The molecule has 1 aromatic heterocycles. The van der Waals surface area contributed by atoms with Gasteiger partial charge in [-0.3, -0.25) is 4.90 Å². The van der Waals surface area contributed by atoms with E-state index in [9.17, 15) is 5.11 Å². The van der Waals surface area contributed by atoms with Crippen LogP contribution in [0.15, 0.2) is 12.1 Å². The van der Waals surface area contributed by atoms with Crippen LogP contribution in [-0.2, 0) is 13.0 Å². The molecule has 1 fully saturated rings. The summed E-state index contributed by atoms with van der Waals surface area (Å²) in [4.78, 5) is 6.90. The lowest BCUT2D eigenvalue weighted by atomic mass is 10.2. The summed E-state index contributed by atoms with van der Waals surface area (Å²) in [5, 5.41) is 9.26. The lowest BCUT2D eigenvalue weighted by molar-refractivity contribution is 0.230. The van der Waals surface area contributed by atoms with Gasteiger partial charge >= 0.3 is 0 Å². The fourth-order valence-electron chi connectivity index (χ4n) is 2.46. The van der Waals surface area contributed by atoms with Crippen molar-refractivity contribution in [2.24, 2.45) is 0 Å². The SMILES string of the molecule is CCCc1cc(CO)cc(OCCN2CCCC2)n1. The first kappa shape index (κ1) is 14.3. The van der Waals surface area contributed by atoms with Crippen LogP contribution in [0.4, 0.5) is 0 Å². The molecule has 0 amide bonds. The minimum atomic E-state index is 0.0434. The number of rotatable bonds is 7. The van der Waals surface area contributed by atoms with Crippen molar-refractivity contribution in [1.29, 1.82) is 0 Å². The Labute approximate surface area is 115 Å². The quantitative estimate of drug-likeness (QED) is 0.818. The van der Waals surface area contributed by atoms with Crippen molar-refractivity contribution in [3.05, 3.63) is 23.4 Å². The number of ether oxygens (including phenoxy) is 1. The van der Waals surface area contributed by atoms with Crippen LogP contribution in [0, 0.1) is 0 Å². The molecule has 0 aromatic carbocycles. The normalized spacial score (nSPS) is 15.9. The summed E-state index contributed by atoms with van der Waals surface area (Å²) in [6.45, 7) is 6.19. The summed E-state index contributed by atoms with van der Waals surface area (Å²) in [6.07, 6.45) is 4.59. The van der Waals surface area contributed by atoms with Gasteiger partial charge in [-0.25, -0.2) is 4.98 Å². The van der Waals surface area contributed by atoms with Crippen LogP contribution in [0.3, 0.4) is 0 Å². The molecular weight excluding hydrogens is 240 g/mol. The second-order valence-corrected chi connectivity index (χ2v) is 5.11. The van der Waals surface area contributed by atoms with E-state index in [2.05, 4.69) is 16.8 Å². The van der Waals surface area contributed by atoms with Crippen LogP contribution >= 0.6 is 0 Å². The summed E-state index contributed by atoms with van der Waals surface area (Å²) in [6, 6.07) is 3.79. The highest BCUT2D eigenvalue weighted by Crippen LogP contribution is 2.15. The van der Waals surface area contributed by atoms with Crippen molar-refractivity contribution in [1.82, 2.24) is 9.88 Å². The Morgan fingerprint density at radius 1 is 1.32 bits per heavy atom. The number of aryl methyl sites for hydroxylation is 1. The third kappa shape index (κ3) is 4.48. The third-order valence-electron chi connectivity index (χ3n) is 3.46. The summed E-state index contributed by atoms with van der Waals surface area (Å²) in [5.41, 5.74) is 1.89.